The fraction of sp³-hybridized carbons (Fsp3) is 0. The van der Waals surface area contributed by atoms with Gasteiger partial charge in [0, 0.05) is 5.70 Å². The summed E-state index contributed by atoms with van der Waals surface area (Å²) in [5, 5.41) is 0. The fourth-order valence-corrected chi connectivity index (χ4v) is 2.30. The number of nitrogens with two attached hydrogens (primary N) is 1. The monoisotopic (exact) mass is 271 g/mol. The molecule has 0 atom stereocenters. The van der Waals surface area contributed by atoms with Crippen LogP contribution in [0.15, 0.2) is 84.9 Å². The highest BCUT2D eigenvalue weighted by atomic mass is 14.6. The lowest BCUT2D eigenvalue weighted by Crippen LogP contribution is -1.95. The largest absolute Gasteiger partial charge is 0.398 e. The van der Waals surface area contributed by atoms with Gasteiger partial charge in [0.1, 0.15) is 0 Å². The summed E-state index contributed by atoms with van der Waals surface area (Å²) in [6, 6.07) is 28.8. The number of benzene rings is 3. The Labute approximate surface area is 125 Å². The van der Waals surface area contributed by atoms with Crippen molar-refractivity contribution >= 4 is 11.8 Å². The molecule has 21 heavy (non-hydrogen) atoms. The van der Waals surface area contributed by atoms with E-state index in [0.29, 0.717) is 0 Å². The Kier molecular flexibility index (Phi) is 3.83. The maximum Gasteiger partial charge on any atom is 0.0393 e. The number of hydrogen-bond donors (Lipinski definition) is 1. The summed E-state index contributed by atoms with van der Waals surface area (Å²) >= 11 is 0. The molecule has 3 aromatic carbocycles. The van der Waals surface area contributed by atoms with Gasteiger partial charge >= 0.3 is 0 Å². The quantitative estimate of drug-likeness (QED) is 0.680. The van der Waals surface area contributed by atoms with Crippen LogP contribution >= 0.6 is 0 Å². The van der Waals surface area contributed by atoms with Crippen LogP contribution in [-0.2, 0) is 0 Å². The fourth-order valence-electron chi connectivity index (χ4n) is 2.30. The molecule has 0 aromatic heterocycles. The molecule has 0 fully saturated rings. The maximum atomic E-state index is 6.14. The Bertz CT molecular complexity index is 726. The molecule has 0 aliphatic carbocycles. The molecule has 0 heterocycles. The van der Waals surface area contributed by atoms with Gasteiger partial charge in [0.15, 0.2) is 0 Å². The lowest BCUT2D eigenvalue weighted by atomic mass is 10.0. The summed E-state index contributed by atoms with van der Waals surface area (Å²) < 4.78 is 0. The minimum Gasteiger partial charge on any atom is -0.398 e. The minimum atomic E-state index is 0.781. The number of rotatable bonds is 3. The van der Waals surface area contributed by atoms with E-state index < -0.39 is 0 Å². The van der Waals surface area contributed by atoms with Crippen molar-refractivity contribution in [2.75, 3.05) is 0 Å². The SMILES string of the molecule is N/C(=C/c1ccc(-c2ccccc2)cc1)c1ccccc1. The van der Waals surface area contributed by atoms with Crippen molar-refractivity contribution in [3.63, 3.8) is 0 Å². The van der Waals surface area contributed by atoms with Crippen molar-refractivity contribution in [2.45, 2.75) is 0 Å². The predicted octanol–water partition coefficient (Wildman–Crippen LogP) is 4.81. The molecule has 0 aliphatic heterocycles. The Balaban J connectivity index is 1.85. The predicted molar refractivity (Wildman–Crippen MR) is 90.4 cm³/mol. The summed E-state index contributed by atoms with van der Waals surface area (Å²) in [4.78, 5) is 0. The molecule has 3 aromatic rings. The Morgan fingerprint density at radius 3 is 1.76 bits per heavy atom. The van der Waals surface area contributed by atoms with Gasteiger partial charge in [-0.15, -0.1) is 0 Å². The first-order valence-corrected chi connectivity index (χ1v) is 7.01. The van der Waals surface area contributed by atoms with Gasteiger partial charge in [-0.05, 0) is 28.3 Å². The molecule has 0 saturated heterocycles. The van der Waals surface area contributed by atoms with Crippen molar-refractivity contribution in [3.8, 4) is 11.1 Å². The van der Waals surface area contributed by atoms with Gasteiger partial charge in [-0.3, -0.25) is 0 Å². The molecule has 0 bridgehead atoms. The lowest BCUT2D eigenvalue weighted by molar-refractivity contribution is 1.52. The summed E-state index contributed by atoms with van der Waals surface area (Å²) in [6.07, 6.45) is 2.00. The highest BCUT2D eigenvalue weighted by Crippen LogP contribution is 2.20. The zero-order valence-corrected chi connectivity index (χ0v) is 11.7. The highest BCUT2D eigenvalue weighted by Gasteiger charge is 1.98. The third-order valence-electron chi connectivity index (χ3n) is 3.45. The van der Waals surface area contributed by atoms with E-state index in [9.17, 15) is 0 Å². The van der Waals surface area contributed by atoms with E-state index in [-0.39, 0.29) is 0 Å². The van der Waals surface area contributed by atoms with Crippen LogP contribution in [-0.4, -0.2) is 0 Å². The second-order valence-corrected chi connectivity index (χ2v) is 4.95. The first kappa shape index (κ1) is 13.2. The molecular formula is C20H17N. The van der Waals surface area contributed by atoms with Crippen LogP contribution in [0.25, 0.3) is 22.9 Å². The molecule has 3 rings (SSSR count). The second-order valence-electron chi connectivity index (χ2n) is 4.95. The van der Waals surface area contributed by atoms with Crippen molar-refractivity contribution in [1.82, 2.24) is 0 Å². The average Bonchev–Trinajstić information content (AvgIpc) is 2.57. The van der Waals surface area contributed by atoms with Gasteiger partial charge in [-0.2, -0.15) is 0 Å². The third kappa shape index (κ3) is 3.21. The molecule has 1 nitrogen and oxygen atoms in total. The minimum absolute atomic E-state index is 0.781. The first-order valence-electron chi connectivity index (χ1n) is 7.01. The normalized spacial score (nSPS) is 11.3. The van der Waals surface area contributed by atoms with Gasteiger partial charge in [0.25, 0.3) is 0 Å². The van der Waals surface area contributed by atoms with E-state index in [1.165, 1.54) is 11.1 Å². The van der Waals surface area contributed by atoms with Crippen molar-refractivity contribution in [3.05, 3.63) is 96.1 Å². The van der Waals surface area contributed by atoms with Gasteiger partial charge in [0.05, 0.1) is 0 Å². The first-order chi connectivity index (χ1) is 10.3. The summed E-state index contributed by atoms with van der Waals surface area (Å²) in [6.45, 7) is 0. The van der Waals surface area contributed by atoms with Gasteiger partial charge in [0.2, 0.25) is 0 Å². The standard InChI is InChI=1S/C20H17N/c21-20(19-9-5-2-6-10-19)15-16-11-13-18(14-12-16)17-7-3-1-4-8-17/h1-15H,21H2/b20-15+. The lowest BCUT2D eigenvalue weighted by Gasteiger charge is -2.04. The van der Waals surface area contributed by atoms with Crippen LogP contribution in [0, 0.1) is 0 Å². The molecule has 0 saturated carbocycles. The molecule has 0 spiro atoms. The summed E-state index contributed by atoms with van der Waals surface area (Å²) in [7, 11) is 0. The van der Waals surface area contributed by atoms with E-state index >= 15 is 0 Å². The molecule has 0 radical (unpaired) electrons. The summed E-state index contributed by atoms with van der Waals surface area (Å²) in [5.74, 6) is 0. The van der Waals surface area contributed by atoms with E-state index in [4.69, 9.17) is 5.73 Å². The molecule has 2 N–H and O–H groups in total. The van der Waals surface area contributed by atoms with E-state index in [1.54, 1.807) is 0 Å². The van der Waals surface area contributed by atoms with E-state index in [0.717, 1.165) is 16.8 Å². The zero-order chi connectivity index (χ0) is 14.5. The topological polar surface area (TPSA) is 26.0 Å². The van der Waals surface area contributed by atoms with Crippen LogP contribution in [0.1, 0.15) is 11.1 Å². The smallest absolute Gasteiger partial charge is 0.0393 e. The van der Waals surface area contributed by atoms with Gasteiger partial charge in [-0.25, -0.2) is 0 Å². The highest BCUT2D eigenvalue weighted by molar-refractivity contribution is 5.80. The molecule has 0 unspecified atom stereocenters. The molecule has 102 valence electrons. The van der Waals surface area contributed by atoms with Crippen molar-refractivity contribution in [2.24, 2.45) is 5.73 Å². The Morgan fingerprint density at radius 2 is 1.14 bits per heavy atom. The van der Waals surface area contributed by atoms with Crippen LogP contribution in [0.3, 0.4) is 0 Å². The molecular weight excluding hydrogens is 254 g/mol. The number of hydrogen-bond acceptors (Lipinski definition) is 1. The summed E-state index contributed by atoms with van der Waals surface area (Å²) in [5.41, 5.74) is 11.5. The zero-order valence-electron chi connectivity index (χ0n) is 11.7. The second kappa shape index (κ2) is 6.10. The van der Waals surface area contributed by atoms with Gasteiger partial charge in [-0.1, -0.05) is 84.9 Å². The molecule has 0 aliphatic rings. The van der Waals surface area contributed by atoms with Crippen LogP contribution in [0.2, 0.25) is 0 Å². The van der Waals surface area contributed by atoms with E-state index in [1.807, 2.05) is 42.5 Å². The Hall–Kier alpha value is -2.80. The van der Waals surface area contributed by atoms with Crippen LogP contribution < -0.4 is 5.73 Å². The third-order valence-corrected chi connectivity index (χ3v) is 3.45. The Morgan fingerprint density at radius 1 is 0.619 bits per heavy atom. The van der Waals surface area contributed by atoms with Crippen LogP contribution in [0.4, 0.5) is 0 Å². The molecule has 1 heteroatoms. The maximum absolute atomic E-state index is 6.14. The van der Waals surface area contributed by atoms with Crippen molar-refractivity contribution in [1.29, 1.82) is 0 Å². The van der Waals surface area contributed by atoms with Crippen molar-refractivity contribution < 1.29 is 0 Å². The average molecular weight is 271 g/mol. The van der Waals surface area contributed by atoms with E-state index in [2.05, 4.69) is 48.5 Å². The van der Waals surface area contributed by atoms with Gasteiger partial charge < -0.3 is 5.73 Å². The van der Waals surface area contributed by atoms with Crippen LogP contribution in [0.5, 0.6) is 0 Å². The molecule has 0 amide bonds.